The van der Waals surface area contributed by atoms with Crippen LogP contribution in [0.1, 0.15) is 18.4 Å². The summed E-state index contributed by atoms with van der Waals surface area (Å²) in [7, 11) is -3.77. The summed E-state index contributed by atoms with van der Waals surface area (Å²) in [5, 5.41) is 0. The van der Waals surface area contributed by atoms with E-state index in [1.807, 2.05) is 0 Å². The van der Waals surface area contributed by atoms with E-state index in [2.05, 4.69) is 4.72 Å². The number of carbonyl (C=O) groups is 1. The largest absolute Gasteiger partial charge is 0.454 e. The summed E-state index contributed by atoms with van der Waals surface area (Å²) in [5.41, 5.74) is 1.70. The van der Waals surface area contributed by atoms with Gasteiger partial charge in [-0.3, -0.25) is 9.52 Å². The van der Waals surface area contributed by atoms with Crippen molar-refractivity contribution >= 4 is 27.3 Å². The number of amides is 1. The Morgan fingerprint density at radius 2 is 1.88 bits per heavy atom. The van der Waals surface area contributed by atoms with E-state index in [0.29, 0.717) is 35.7 Å². The third kappa shape index (κ3) is 2.96. The Balaban J connectivity index is 1.60. The van der Waals surface area contributed by atoms with Crippen molar-refractivity contribution < 1.29 is 22.7 Å². The lowest BCUT2D eigenvalue weighted by molar-refractivity contribution is -0.117. The first kappa shape index (κ1) is 16.7. The minimum Gasteiger partial charge on any atom is -0.454 e. The Morgan fingerprint density at radius 3 is 2.62 bits per heavy atom. The molecule has 8 heteroatoms. The van der Waals surface area contributed by atoms with Crippen LogP contribution in [0, 0.1) is 6.92 Å². The molecule has 7 nitrogen and oxygen atoms in total. The van der Waals surface area contributed by atoms with Crippen LogP contribution in [0.3, 0.4) is 0 Å². The van der Waals surface area contributed by atoms with E-state index in [4.69, 9.17) is 9.47 Å². The van der Waals surface area contributed by atoms with Gasteiger partial charge < -0.3 is 14.4 Å². The number of ether oxygens (including phenoxy) is 2. The van der Waals surface area contributed by atoms with Gasteiger partial charge in [-0.25, -0.2) is 8.42 Å². The van der Waals surface area contributed by atoms with Crippen LogP contribution in [0.5, 0.6) is 11.5 Å². The van der Waals surface area contributed by atoms with Crippen molar-refractivity contribution in [1.29, 1.82) is 0 Å². The number of rotatable bonds is 4. The van der Waals surface area contributed by atoms with Gasteiger partial charge in [0, 0.05) is 24.7 Å². The van der Waals surface area contributed by atoms with Gasteiger partial charge in [0.2, 0.25) is 12.7 Å². The Bertz CT molecular complexity index is 987. The highest BCUT2D eigenvalue weighted by molar-refractivity contribution is 7.92. The number of nitrogens with zero attached hydrogens (tertiary/aromatic N) is 1. The first-order valence-corrected chi connectivity index (χ1v) is 9.76. The maximum atomic E-state index is 12.8. The van der Waals surface area contributed by atoms with Crippen molar-refractivity contribution in [2.24, 2.45) is 0 Å². The molecule has 0 aliphatic carbocycles. The lowest BCUT2D eigenvalue weighted by Gasteiger charge is -2.18. The minimum atomic E-state index is -3.77. The van der Waals surface area contributed by atoms with Crippen LogP contribution in [0.15, 0.2) is 41.3 Å². The molecular weight excluding hydrogens is 356 g/mol. The molecule has 0 bridgehead atoms. The van der Waals surface area contributed by atoms with E-state index in [-0.39, 0.29) is 17.6 Å². The molecule has 1 fully saturated rings. The van der Waals surface area contributed by atoms with Gasteiger partial charge in [0.05, 0.1) is 10.6 Å². The predicted molar refractivity (Wildman–Crippen MR) is 96.1 cm³/mol. The Morgan fingerprint density at radius 1 is 1.08 bits per heavy atom. The fraction of sp³-hybridized carbons (Fsp3) is 0.278. The zero-order chi connectivity index (χ0) is 18.3. The average Bonchev–Trinajstić information content (AvgIpc) is 3.22. The summed E-state index contributed by atoms with van der Waals surface area (Å²) in [6.45, 7) is 2.51. The summed E-state index contributed by atoms with van der Waals surface area (Å²) in [5.74, 6) is 1.16. The fourth-order valence-corrected chi connectivity index (χ4v) is 4.47. The smallest absolute Gasteiger partial charge is 0.262 e. The lowest BCUT2D eigenvalue weighted by atomic mass is 10.2. The molecule has 2 aromatic carbocycles. The predicted octanol–water partition coefficient (Wildman–Crippen LogP) is 2.65. The Labute approximate surface area is 151 Å². The van der Waals surface area contributed by atoms with Crippen molar-refractivity contribution in [2.45, 2.75) is 24.7 Å². The number of nitrogens with one attached hydrogen (secondary N) is 1. The Hall–Kier alpha value is -2.74. The molecule has 0 saturated carbocycles. The molecule has 1 saturated heterocycles. The maximum Gasteiger partial charge on any atom is 0.262 e. The van der Waals surface area contributed by atoms with Crippen LogP contribution in [0.25, 0.3) is 0 Å². The second kappa shape index (κ2) is 6.21. The van der Waals surface area contributed by atoms with Crippen LogP contribution in [-0.2, 0) is 14.8 Å². The van der Waals surface area contributed by atoms with Crippen molar-refractivity contribution in [3.05, 3.63) is 42.0 Å². The van der Waals surface area contributed by atoms with Gasteiger partial charge in [-0.05, 0) is 49.2 Å². The summed E-state index contributed by atoms with van der Waals surface area (Å²) in [6, 6.07) is 9.81. The standard InChI is InChI=1S/C18H18N2O5S/c1-12-9-14(20-8-2-3-18(20)21)5-7-17(12)26(22,23)19-13-4-6-15-16(10-13)25-11-24-15/h4-7,9-10,19H,2-3,8,11H2,1H3. The van der Waals surface area contributed by atoms with E-state index in [1.165, 1.54) is 6.07 Å². The highest BCUT2D eigenvalue weighted by Crippen LogP contribution is 2.35. The average molecular weight is 374 g/mol. The molecule has 1 N–H and O–H groups in total. The summed E-state index contributed by atoms with van der Waals surface area (Å²) in [4.78, 5) is 13.7. The van der Waals surface area contributed by atoms with Crippen molar-refractivity contribution in [1.82, 2.24) is 0 Å². The molecule has 0 radical (unpaired) electrons. The van der Waals surface area contributed by atoms with E-state index in [0.717, 1.165) is 12.1 Å². The number of fused-ring (bicyclic) bond motifs is 1. The van der Waals surface area contributed by atoms with Gasteiger partial charge in [-0.2, -0.15) is 0 Å². The number of carbonyl (C=O) groups excluding carboxylic acids is 1. The van der Waals surface area contributed by atoms with E-state index in [1.54, 1.807) is 42.2 Å². The second-order valence-electron chi connectivity index (χ2n) is 6.27. The summed E-state index contributed by atoms with van der Waals surface area (Å²) >= 11 is 0. The third-order valence-corrected chi connectivity index (χ3v) is 6.00. The van der Waals surface area contributed by atoms with Crippen LogP contribution in [0.2, 0.25) is 0 Å². The molecular formula is C18H18N2O5S. The van der Waals surface area contributed by atoms with Gasteiger partial charge in [-0.15, -0.1) is 0 Å². The molecule has 2 aliphatic heterocycles. The highest BCUT2D eigenvalue weighted by Gasteiger charge is 2.24. The number of hydrogen-bond donors (Lipinski definition) is 1. The number of hydrogen-bond acceptors (Lipinski definition) is 5. The van der Waals surface area contributed by atoms with Crippen molar-refractivity contribution in [3.63, 3.8) is 0 Å². The molecule has 2 aliphatic rings. The molecule has 136 valence electrons. The topological polar surface area (TPSA) is 84.9 Å². The van der Waals surface area contributed by atoms with Gasteiger partial charge in [0.1, 0.15) is 0 Å². The zero-order valence-electron chi connectivity index (χ0n) is 14.2. The lowest BCUT2D eigenvalue weighted by Crippen LogP contribution is -2.24. The number of aryl methyl sites for hydroxylation is 1. The van der Waals surface area contributed by atoms with Gasteiger partial charge >= 0.3 is 0 Å². The summed E-state index contributed by atoms with van der Waals surface area (Å²) < 4.78 is 38.6. The number of anilines is 2. The summed E-state index contributed by atoms with van der Waals surface area (Å²) in [6.07, 6.45) is 1.36. The molecule has 2 aromatic rings. The third-order valence-electron chi connectivity index (χ3n) is 4.46. The van der Waals surface area contributed by atoms with Gasteiger partial charge in [0.15, 0.2) is 11.5 Å². The maximum absolute atomic E-state index is 12.8. The number of benzene rings is 2. The monoisotopic (exact) mass is 374 g/mol. The van der Waals surface area contributed by atoms with E-state index >= 15 is 0 Å². The van der Waals surface area contributed by atoms with Crippen LogP contribution in [0.4, 0.5) is 11.4 Å². The number of sulfonamides is 1. The van der Waals surface area contributed by atoms with E-state index < -0.39 is 10.0 Å². The minimum absolute atomic E-state index is 0.0680. The zero-order valence-corrected chi connectivity index (χ0v) is 15.0. The molecule has 26 heavy (non-hydrogen) atoms. The fourth-order valence-electron chi connectivity index (χ4n) is 3.19. The first-order chi connectivity index (χ1) is 12.4. The second-order valence-corrected chi connectivity index (χ2v) is 7.92. The normalized spacial score (nSPS) is 16.2. The molecule has 0 aromatic heterocycles. The van der Waals surface area contributed by atoms with Gasteiger partial charge in [0.25, 0.3) is 10.0 Å². The molecule has 2 heterocycles. The molecule has 0 atom stereocenters. The molecule has 4 rings (SSSR count). The van der Waals surface area contributed by atoms with Crippen LogP contribution in [-0.4, -0.2) is 27.7 Å². The van der Waals surface area contributed by atoms with Crippen LogP contribution < -0.4 is 19.1 Å². The molecule has 0 spiro atoms. The van der Waals surface area contributed by atoms with E-state index in [9.17, 15) is 13.2 Å². The molecule has 1 amide bonds. The Kier molecular flexibility index (Phi) is 3.99. The van der Waals surface area contributed by atoms with Crippen LogP contribution >= 0.6 is 0 Å². The van der Waals surface area contributed by atoms with Crippen molar-refractivity contribution in [2.75, 3.05) is 23.0 Å². The molecule has 0 unspecified atom stereocenters. The van der Waals surface area contributed by atoms with Crippen molar-refractivity contribution in [3.8, 4) is 11.5 Å². The quantitative estimate of drug-likeness (QED) is 0.889. The first-order valence-electron chi connectivity index (χ1n) is 8.27. The SMILES string of the molecule is Cc1cc(N2CCCC2=O)ccc1S(=O)(=O)Nc1ccc2c(c1)OCO2. The van der Waals surface area contributed by atoms with Gasteiger partial charge in [-0.1, -0.05) is 0 Å². The highest BCUT2D eigenvalue weighted by atomic mass is 32.2.